The van der Waals surface area contributed by atoms with E-state index in [0.29, 0.717) is 12.3 Å². The van der Waals surface area contributed by atoms with Crippen LogP contribution in [0.15, 0.2) is 24.3 Å². The largest absolute Gasteiger partial charge is 0.356 e. The van der Waals surface area contributed by atoms with E-state index in [-0.39, 0.29) is 17.6 Å². The predicted molar refractivity (Wildman–Crippen MR) is 68.8 cm³/mol. The first-order chi connectivity index (χ1) is 8.65. The topological polar surface area (TPSA) is 41.1 Å². The summed E-state index contributed by atoms with van der Waals surface area (Å²) in [6, 6.07) is 6.35. The molecule has 0 radical (unpaired) electrons. The SMILES string of the molecule is CC(CC(=O)NCC1CNC1)c1ccc(F)cc1. The van der Waals surface area contributed by atoms with Crippen LogP contribution in [0.2, 0.25) is 0 Å². The van der Waals surface area contributed by atoms with E-state index in [1.807, 2.05) is 6.92 Å². The van der Waals surface area contributed by atoms with E-state index in [4.69, 9.17) is 0 Å². The maximum atomic E-state index is 12.8. The molecular formula is C14H19FN2O. The number of carbonyl (C=O) groups excluding carboxylic acids is 1. The summed E-state index contributed by atoms with van der Waals surface area (Å²) in [6.07, 6.45) is 0.450. The first kappa shape index (κ1) is 13.0. The number of benzene rings is 1. The third-order valence-corrected chi connectivity index (χ3v) is 3.38. The number of nitrogens with one attached hydrogen (secondary N) is 2. The van der Waals surface area contributed by atoms with Gasteiger partial charge in [0.15, 0.2) is 0 Å². The van der Waals surface area contributed by atoms with E-state index < -0.39 is 0 Å². The summed E-state index contributed by atoms with van der Waals surface area (Å²) in [4.78, 5) is 11.7. The Labute approximate surface area is 107 Å². The lowest BCUT2D eigenvalue weighted by atomic mass is 9.97. The van der Waals surface area contributed by atoms with Crippen molar-refractivity contribution in [1.82, 2.24) is 10.6 Å². The van der Waals surface area contributed by atoms with Crippen LogP contribution in [0.1, 0.15) is 24.8 Å². The maximum Gasteiger partial charge on any atom is 0.220 e. The zero-order chi connectivity index (χ0) is 13.0. The molecule has 1 heterocycles. The van der Waals surface area contributed by atoms with Crippen LogP contribution < -0.4 is 10.6 Å². The van der Waals surface area contributed by atoms with Crippen molar-refractivity contribution in [3.8, 4) is 0 Å². The average molecular weight is 250 g/mol. The summed E-state index contributed by atoms with van der Waals surface area (Å²) < 4.78 is 12.8. The minimum Gasteiger partial charge on any atom is -0.356 e. The second-order valence-corrected chi connectivity index (χ2v) is 4.99. The molecule has 1 aromatic rings. The van der Waals surface area contributed by atoms with Gasteiger partial charge in [-0.3, -0.25) is 4.79 Å². The van der Waals surface area contributed by atoms with Crippen molar-refractivity contribution in [3.05, 3.63) is 35.6 Å². The molecule has 0 aliphatic carbocycles. The van der Waals surface area contributed by atoms with Crippen molar-refractivity contribution < 1.29 is 9.18 Å². The number of rotatable bonds is 5. The van der Waals surface area contributed by atoms with Crippen LogP contribution in [-0.2, 0) is 4.79 Å². The Balaban J connectivity index is 1.76. The maximum absolute atomic E-state index is 12.8. The molecule has 0 spiro atoms. The van der Waals surface area contributed by atoms with Crippen LogP contribution in [0.3, 0.4) is 0 Å². The van der Waals surface area contributed by atoms with Gasteiger partial charge >= 0.3 is 0 Å². The lowest BCUT2D eigenvalue weighted by molar-refractivity contribution is -0.121. The molecule has 1 aliphatic rings. The molecule has 0 bridgehead atoms. The average Bonchev–Trinajstić information content (AvgIpc) is 2.27. The van der Waals surface area contributed by atoms with E-state index >= 15 is 0 Å². The number of hydrogen-bond donors (Lipinski definition) is 2. The Morgan fingerprint density at radius 2 is 2.11 bits per heavy atom. The molecule has 1 aliphatic heterocycles. The van der Waals surface area contributed by atoms with Gasteiger partial charge in [0.05, 0.1) is 0 Å². The number of carbonyl (C=O) groups is 1. The summed E-state index contributed by atoms with van der Waals surface area (Å²) in [7, 11) is 0. The van der Waals surface area contributed by atoms with Crippen molar-refractivity contribution in [2.24, 2.45) is 5.92 Å². The molecule has 1 unspecified atom stereocenters. The van der Waals surface area contributed by atoms with Crippen molar-refractivity contribution >= 4 is 5.91 Å². The Kier molecular flexibility index (Phi) is 4.31. The van der Waals surface area contributed by atoms with Gasteiger partial charge in [0, 0.05) is 32.0 Å². The van der Waals surface area contributed by atoms with Gasteiger partial charge in [0.2, 0.25) is 5.91 Å². The summed E-state index contributed by atoms with van der Waals surface area (Å²) in [5.74, 6) is 0.520. The van der Waals surface area contributed by atoms with Gasteiger partial charge in [-0.1, -0.05) is 19.1 Å². The van der Waals surface area contributed by atoms with Crippen molar-refractivity contribution in [3.63, 3.8) is 0 Å². The van der Waals surface area contributed by atoms with Crippen LogP contribution in [0.4, 0.5) is 4.39 Å². The number of halogens is 1. The summed E-state index contributed by atoms with van der Waals surface area (Å²) in [6.45, 7) is 4.72. The van der Waals surface area contributed by atoms with Crippen molar-refractivity contribution in [1.29, 1.82) is 0 Å². The van der Waals surface area contributed by atoms with Gasteiger partial charge in [-0.05, 0) is 23.6 Å². The number of amides is 1. The quantitative estimate of drug-likeness (QED) is 0.834. The van der Waals surface area contributed by atoms with E-state index in [9.17, 15) is 9.18 Å². The molecule has 1 saturated heterocycles. The van der Waals surface area contributed by atoms with Crippen molar-refractivity contribution in [2.45, 2.75) is 19.3 Å². The second kappa shape index (κ2) is 5.96. The Morgan fingerprint density at radius 3 is 2.67 bits per heavy atom. The van der Waals surface area contributed by atoms with Gasteiger partial charge < -0.3 is 10.6 Å². The zero-order valence-corrected chi connectivity index (χ0v) is 10.6. The molecule has 1 fully saturated rings. The highest BCUT2D eigenvalue weighted by atomic mass is 19.1. The van der Waals surface area contributed by atoms with Gasteiger partial charge in [0.1, 0.15) is 5.82 Å². The lowest BCUT2D eigenvalue weighted by Crippen LogP contribution is -2.48. The Hall–Kier alpha value is -1.42. The smallest absolute Gasteiger partial charge is 0.220 e. The van der Waals surface area contributed by atoms with E-state index in [0.717, 1.165) is 25.2 Å². The third-order valence-electron chi connectivity index (χ3n) is 3.38. The normalized spacial score (nSPS) is 17.0. The summed E-state index contributed by atoms with van der Waals surface area (Å²) in [5, 5.41) is 6.11. The molecule has 0 saturated carbocycles. The van der Waals surface area contributed by atoms with Gasteiger partial charge in [-0.25, -0.2) is 4.39 Å². The molecule has 1 aromatic carbocycles. The minimum absolute atomic E-state index is 0.0683. The highest BCUT2D eigenvalue weighted by Crippen LogP contribution is 2.19. The first-order valence-electron chi connectivity index (χ1n) is 6.38. The second-order valence-electron chi connectivity index (χ2n) is 4.99. The molecule has 2 rings (SSSR count). The van der Waals surface area contributed by atoms with E-state index in [1.54, 1.807) is 12.1 Å². The molecule has 2 N–H and O–H groups in total. The van der Waals surface area contributed by atoms with Gasteiger partial charge in [-0.15, -0.1) is 0 Å². The molecular weight excluding hydrogens is 231 g/mol. The molecule has 1 atom stereocenters. The Bertz CT molecular complexity index is 401. The molecule has 3 nitrogen and oxygen atoms in total. The highest BCUT2D eigenvalue weighted by molar-refractivity contribution is 5.76. The van der Waals surface area contributed by atoms with Gasteiger partial charge in [0.25, 0.3) is 0 Å². The molecule has 4 heteroatoms. The highest BCUT2D eigenvalue weighted by Gasteiger charge is 2.18. The molecule has 98 valence electrons. The fraction of sp³-hybridized carbons (Fsp3) is 0.500. The number of hydrogen-bond acceptors (Lipinski definition) is 2. The molecule has 1 amide bonds. The van der Waals surface area contributed by atoms with E-state index in [1.165, 1.54) is 12.1 Å². The first-order valence-corrected chi connectivity index (χ1v) is 6.38. The summed E-state index contributed by atoms with van der Waals surface area (Å²) in [5.41, 5.74) is 0.997. The minimum atomic E-state index is -0.243. The van der Waals surface area contributed by atoms with E-state index in [2.05, 4.69) is 10.6 Å². The molecule has 0 aromatic heterocycles. The lowest BCUT2D eigenvalue weighted by Gasteiger charge is -2.27. The summed E-state index contributed by atoms with van der Waals surface area (Å²) >= 11 is 0. The zero-order valence-electron chi connectivity index (χ0n) is 10.6. The fourth-order valence-electron chi connectivity index (χ4n) is 2.01. The van der Waals surface area contributed by atoms with Gasteiger partial charge in [-0.2, -0.15) is 0 Å². The van der Waals surface area contributed by atoms with Crippen LogP contribution in [0.25, 0.3) is 0 Å². The van der Waals surface area contributed by atoms with Crippen molar-refractivity contribution in [2.75, 3.05) is 19.6 Å². The van der Waals surface area contributed by atoms with Crippen LogP contribution >= 0.6 is 0 Å². The standard InChI is InChI=1S/C14H19FN2O/c1-10(12-2-4-13(15)5-3-12)6-14(18)17-9-11-7-16-8-11/h2-5,10-11,16H,6-9H2,1H3,(H,17,18). The predicted octanol–water partition coefficient (Wildman–Crippen LogP) is 1.65. The fourth-order valence-corrected chi connectivity index (χ4v) is 2.01. The monoisotopic (exact) mass is 250 g/mol. The van der Waals surface area contributed by atoms with Crippen LogP contribution in [-0.4, -0.2) is 25.5 Å². The van der Waals surface area contributed by atoms with Crippen LogP contribution in [0.5, 0.6) is 0 Å². The third kappa shape index (κ3) is 3.53. The van der Waals surface area contributed by atoms with Crippen LogP contribution in [0, 0.1) is 11.7 Å². The molecule has 18 heavy (non-hydrogen) atoms. The Morgan fingerprint density at radius 1 is 1.44 bits per heavy atom.